The van der Waals surface area contributed by atoms with Crippen LogP contribution >= 0.6 is 0 Å². The molecule has 1 aromatic heterocycles. The van der Waals surface area contributed by atoms with Crippen LogP contribution in [0.1, 0.15) is 59.6 Å². The molecule has 7 nitrogen and oxygen atoms in total. The third-order valence-electron chi connectivity index (χ3n) is 6.62. The molecule has 3 atom stereocenters. The van der Waals surface area contributed by atoms with E-state index in [1.165, 1.54) is 11.0 Å². The first-order chi connectivity index (χ1) is 16.9. The molecule has 1 aliphatic carbocycles. The van der Waals surface area contributed by atoms with Gasteiger partial charge in [0.1, 0.15) is 23.9 Å². The second kappa shape index (κ2) is 9.56. The van der Waals surface area contributed by atoms with Crippen molar-refractivity contribution in [3.63, 3.8) is 0 Å². The number of benzene rings is 2. The van der Waals surface area contributed by atoms with Gasteiger partial charge in [-0.2, -0.15) is 5.10 Å². The monoisotopic (exact) mass is 479 g/mol. The van der Waals surface area contributed by atoms with Crippen molar-refractivity contribution < 1.29 is 18.4 Å². The number of hydrogen-bond acceptors (Lipinski definition) is 4. The minimum Gasteiger partial charge on any atom is -0.343 e. The largest absolute Gasteiger partial charge is 0.343 e. The van der Waals surface area contributed by atoms with E-state index >= 15 is 0 Å². The highest BCUT2D eigenvalue weighted by molar-refractivity contribution is 5.89. The van der Waals surface area contributed by atoms with Crippen LogP contribution in [0.5, 0.6) is 0 Å². The van der Waals surface area contributed by atoms with Crippen LogP contribution in [0.4, 0.5) is 8.78 Å². The quantitative estimate of drug-likeness (QED) is 0.543. The van der Waals surface area contributed by atoms with Crippen molar-refractivity contribution in [3.05, 3.63) is 82.7 Å². The second-order valence-electron chi connectivity index (χ2n) is 9.32. The highest BCUT2D eigenvalue weighted by atomic mass is 19.1. The third-order valence-corrected chi connectivity index (χ3v) is 6.62. The smallest absolute Gasteiger partial charge is 0.243 e. The number of H-pyrrole nitrogens is 1. The van der Waals surface area contributed by atoms with Crippen LogP contribution in [0.3, 0.4) is 0 Å². The van der Waals surface area contributed by atoms with E-state index in [1.54, 1.807) is 13.0 Å². The fraction of sp³-hybridized carbons (Fsp3) is 0.385. The number of halogens is 2. The number of carbonyl (C=O) groups is 2. The summed E-state index contributed by atoms with van der Waals surface area (Å²) in [7, 11) is 0. The van der Waals surface area contributed by atoms with Crippen LogP contribution in [-0.2, 0) is 16.0 Å². The van der Waals surface area contributed by atoms with Gasteiger partial charge in [0.05, 0.1) is 19.0 Å². The number of aromatic nitrogens is 3. The van der Waals surface area contributed by atoms with E-state index in [0.29, 0.717) is 22.8 Å². The van der Waals surface area contributed by atoms with Crippen LogP contribution in [0, 0.1) is 12.7 Å². The summed E-state index contributed by atoms with van der Waals surface area (Å²) in [5.41, 5.74) is 2.06. The fourth-order valence-corrected chi connectivity index (χ4v) is 4.71. The minimum atomic E-state index is -1.31. The number of nitrogens with one attached hydrogen (secondary N) is 2. The number of hydrogen-bond donors (Lipinski definition) is 2. The molecule has 3 aromatic rings. The van der Waals surface area contributed by atoms with Crippen molar-refractivity contribution in [2.75, 3.05) is 6.54 Å². The molecule has 1 saturated heterocycles. The van der Waals surface area contributed by atoms with Gasteiger partial charge >= 0.3 is 0 Å². The van der Waals surface area contributed by atoms with Gasteiger partial charge in [0.2, 0.25) is 11.8 Å². The summed E-state index contributed by atoms with van der Waals surface area (Å²) >= 11 is 0. The highest BCUT2D eigenvalue weighted by Crippen LogP contribution is 2.42. The van der Waals surface area contributed by atoms with E-state index in [2.05, 4.69) is 20.5 Å². The zero-order valence-electron chi connectivity index (χ0n) is 19.4. The normalized spacial score (nSPS) is 20.6. The van der Waals surface area contributed by atoms with Crippen LogP contribution in [-0.4, -0.2) is 50.7 Å². The van der Waals surface area contributed by atoms with E-state index in [4.69, 9.17) is 0 Å². The maximum absolute atomic E-state index is 14.9. The molecule has 9 heteroatoms. The molecular weight excluding hydrogens is 452 g/mol. The molecule has 2 aliphatic rings. The van der Waals surface area contributed by atoms with Crippen molar-refractivity contribution >= 4 is 11.8 Å². The van der Waals surface area contributed by atoms with E-state index in [9.17, 15) is 18.4 Å². The summed E-state index contributed by atoms with van der Waals surface area (Å²) in [6.45, 7) is 1.55. The lowest BCUT2D eigenvalue weighted by Crippen LogP contribution is -2.47. The molecule has 2 amide bonds. The number of aromatic amines is 1. The van der Waals surface area contributed by atoms with Gasteiger partial charge in [0, 0.05) is 6.42 Å². The molecule has 182 valence electrons. The molecule has 0 unspecified atom stereocenters. The number of alkyl halides is 1. The Morgan fingerprint density at radius 1 is 1.17 bits per heavy atom. The number of nitrogens with zero attached hydrogens (tertiary/aromatic N) is 3. The van der Waals surface area contributed by atoms with Gasteiger partial charge in [-0.1, -0.05) is 42.5 Å². The summed E-state index contributed by atoms with van der Waals surface area (Å²) in [6, 6.07) is 12.7. The maximum Gasteiger partial charge on any atom is 0.243 e. The van der Waals surface area contributed by atoms with Gasteiger partial charge in [-0.05, 0) is 48.4 Å². The van der Waals surface area contributed by atoms with E-state index in [0.717, 1.165) is 18.4 Å². The third kappa shape index (κ3) is 5.08. The standard InChI is InChI=1S/C26H27F2N5O2/c1-15-29-23(32-31-15)13-24(34)33-14-19(27)12-22(33)26(35)30-25(17-5-3-2-4-6-17)18-9-10-20(16-7-8-16)21(28)11-18/h2-6,9-11,16,19,22,25H,7-8,12-14H2,1H3,(H,30,35)(H,29,31,32)/t19-,22+,25+/m1/s1. The molecule has 1 aliphatic heterocycles. The molecule has 0 spiro atoms. The number of carbonyl (C=O) groups excluding carboxylic acids is 2. The number of aryl methyl sites for hydroxylation is 1. The van der Waals surface area contributed by atoms with Gasteiger partial charge < -0.3 is 10.2 Å². The van der Waals surface area contributed by atoms with Gasteiger partial charge in [-0.25, -0.2) is 13.8 Å². The average molecular weight is 480 g/mol. The van der Waals surface area contributed by atoms with Crippen molar-refractivity contribution in [1.29, 1.82) is 0 Å². The summed E-state index contributed by atoms with van der Waals surface area (Å²) in [4.78, 5) is 31.7. The van der Waals surface area contributed by atoms with Gasteiger partial charge in [-0.15, -0.1) is 0 Å². The Kier molecular flexibility index (Phi) is 6.32. The average Bonchev–Trinajstić information content (AvgIpc) is 3.49. The maximum atomic E-state index is 14.9. The first-order valence-electron chi connectivity index (χ1n) is 11.8. The summed E-state index contributed by atoms with van der Waals surface area (Å²) < 4.78 is 29.2. The number of rotatable bonds is 7. The Morgan fingerprint density at radius 2 is 1.94 bits per heavy atom. The van der Waals surface area contributed by atoms with Crippen LogP contribution in [0.25, 0.3) is 0 Å². The molecule has 2 heterocycles. The molecule has 35 heavy (non-hydrogen) atoms. The van der Waals surface area contributed by atoms with Gasteiger partial charge in [0.15, 0.2) is 5.82 Å². The molecule has 2 aromatic carbocycles. The van der Waals surface area contributed by atoms with Crippen LogP contribution < -0.4 is 5.32 Å². The van der Waals surface area contributed by atoms with Crippen LogP contribution in [0.15, 0.2) is 48.5 Å². The predicted octanol–water partition coefficient (Wildman–Crippen LogP) is 3.52. The lowest BCUT2D eigenvalue weighted by molar-refractivity contribution is -0.138. The first-order valence-corrected chi connectivity index (χ1v) is 11.8. The molecular formula is C26H27F2N5O2. The Labute approximate surface area is 201 Å². The Balaban J connectivity index is 1.38. The lowest BCUT2D eigenvalue weighted by atomic mass is 9.96. The highest BCUT2D eigenvalue weighted by Gasteiger charge is 2.40. The molecule has 2 fully saturated rings. The van der Waals surface area contributed by atoms with Crippen molar-refractivity contribution in [2.45, 2.75) is 56.8 Å². The van der Waals surface area contributed by atoms with Crippen molar-refractivity contribution in [1.82, 2.24) is 25.4 Å². The summed E-state index contributed by atoms with van der Waals surface area (Å²) in [6.07, 6.45) is 0.434. The predicted molar refractivity (Wildman–Crippen MR) is 125 cm³/mol. The zero-order chi connectivity index (χ0) is 24.5. The summed E-state index contributed by atoms with van der Waals surface area (Å²) in [5, 5.41) is 9.59. The van der Waals surface area contributed by atoms with Crippen molar-refractivity contribution in [3.8, 4) is 0 Å². The lowest BCUT2D eigenvalue weighted by Gasteiger charge is -2.27. The second-order valence-corrected chi connectivity index (χ2v) is 9.32. The van der Waals surface area contributed by atoms with E-state index < -0.39 is 30.1 Å². The topological polar surface area (TPSA) is 91.0 Å². The number of amides is 2. The molecule has 1 saturated carbocycles. The van der Waals surface area contributed by atoms with Gasteiger partial charge in [-0.3, -0.25) is 14.7 Å². The minimum absolute atomic E-state index is 0.0961. The Bertz CT molecular complexity index is 1230. The molecule has 2 N–H and O–H groups in total. The Hall–Kier alpha value is -3.62. The molecule has 5 rings (SSSR count). The number of likely N-dealkylation sites (tertiary alicyclic amines) is 1. The molecule has 0 radical (unpaired) electrons. The zero-order valence-corrected chi connectivity index (χ0v) is 19.4. The van der Waals surface area contributed by atoms with Crippen molar-refractivity contribution in [2.24, 2.45) is 0 Å². The Morgan fingerprint density at radius 3 is 2.60 bits per heavy atom. The van der Waals surface area contributed by atoms with E-state index in [-0.39, 0.29) is 31.1 Å². The molecule has 0 bridgehead atoms. The first kappa shape index (κ1) is 23.1. The van der Waals surface area contributed by atoms with Crippen LogP contribution in [0.2, 0.25) is 0 Å². The summed E-state index contributed by atoms with van der Waals surface area (Å²) in [5.74, 6) is -0.0601. The SMILES string of the molecule is Cc1nc(CC(=O)N2C[C@H](F)C[C@H]2C(=O)N[C@@H](c2ccccc2)c2ccc(C3CC3)c(F)c2)n[nH]1. The van der Waals surface area contributed by atoms with E-state index in [1.807, 2.05) is 36.4 Å². The fourth-order valence-electron chi connectivity index (χ4n) is 4.71. The van der Waals surface area contributed by atoms with Gasteiger partial charge in [0.25, 0.3) is 0 Å².